The molecule has 3 atom stereocenters. The molecule has 0 aromatic heterocycles. The quantitative estimate of drug-likeness (QED) is 0.208. The second kappa shape index (κ2) is 15.0. The van der Waals surface area contributed by atoms with Gasteiger partial charge in [0.25, 0.3) is 0 Å². The Kier molecular flexibility index (Phi) is 13.1. The first kappa shape index (κ1) is 34.1. The minimum atomic E-state index is -1.08. The minimum Gasteiger partial charge on any atom is -0.480 e. The van der Waals surface area contributed by atoms with E-state index < -0.39 is 40.9 Å². The number of benzene rings is 1. The van der Waals surface area contributed by atoms with Crippen molar-refractivity contribution in [2.45, 2.75) is 107 Å². The van der Waals surface area contributed by atoms with Crippen LogP contribution in [0.3, 0.4) is 0 Å². The van der Waals surface area contributed by atoms with Crippen LogP contribution in [-0.4, -0.2) is 47.7 Å². The van der Waals surface area contributed by atoms with Crippen molar-refractivity contribution in [2.24, 2.45) is 16.7 Å². The molecule has 9 nitrogen and oxygen atoms in total. The minimum absolute atomic E-state index is 0.0516. The molecule has 0 aliphatic heterocycles. The number of carboxylic acids is 1. The Labute approximate surface area is 233 Å². The molecule has 0 radical (unpaired) electrons. The van der Waals surface area contributed by atoms with E-state index in [0.29, 0.717) is 24.8 Å². The van der Waals surface area contributed by atoms with Crippen LogP contribution < -0.4 is 14.8 Å². The summed E-state index contributed by atoms with van der Waals surface area (Å²) in [6, 6.07) is 3.68. The largest absolute Gasteiger partial charge is 0.480 e. The molecule has 0 aliphatic rings. The van der Waals surface area contributed by atoms with E-state index in [0.717, 1.165) is 6.42 Å². The maximum Gasteiger partial charge on any atom is 0.321 e. The smallest absolute Gasteiger partial charge is 0.321 e. The molecule has 1 aromatic rings. The molecule has 0 heterocycles. The SMILES string of the molecule is CCC(C)CC(=O)OC(C)CN[C@@H](Cc1ccc(OC(=O)C(C)(C)CC)c(OC(=O)C(C)(C)CC)c1)C(=O)O. The Morgan fingerprint density at radius 2 is 1.44 bits per heavy atom. The fraction of sp³-hybridized carbons (Fsp3) is 0.667. The standard InChI is InChI=1S/C30H47NO8/c1-10-19(4)15-25(32)37-20(5)18-31-22(26(33)34)16-21-13-14-23(38-27(35)29(6,7)11-2)24(17-21)39-28(36)30(8,9)12-3/h13-14,17,19-20,22,31H,10-12,15-16,18H2,1-9H3,(H,33,34)/t19?,20?,22-/m0/s1. The summed E-state index contributed by atoms with van der Waals surface area (Å²) < 4.78 is 16.7. The van der Waals surface area contributed by atoms with E-state index in [-0.39, 0.29) is 36.4 Å². The number of hydrogen-bond acceptors (Lipinski definition) is 8. The average Bonchev–Trinajstić information content (AvgIpc) is 2.87. The summed E-state index contributed by atoms with van der Waals surface area (Å²) in [6.07, 6.45) is 1.81. The van der Waals surface area contributed by atoms with Crippen molar-refractivity contribution in [3.63, 3.8) is 0 Å². The zero-order valence-corrected chi connectivity index (χ0v) is 25.0. The van der Waals surface area contributed by atoms with E-state index in [1.54, 1.807) is 40.7 Å². The van der Waals surface area contributed by atoms with Crippen LogP contribution in [0.4, 0.5) is 0 Å². The van der Waals surface area contributed by atoms with Gasteiger partial charge in [-0.1, -0.05) is 40.2 Å². The van der Waals surface area contributed by atoms with Gasteiger partial charge in [0.05, 0.1) is 10.8 Å². The summed E-state index contributed by atoms with van der Waals surface area (Å²) in [6.45, 7) is 16.6. The Morgan fingerprint density at radius 3 is 1.92 bits per heavy atom. The lowest BCUT2D eigenvalue weighted by Gasteiger charge is -2.24. The summed E-state index contributed by atoms with van der Waals surface area (Å²) >= 11 is 0. The predicted octanol–water partition coefficient (Wildman–Crippen LogP) is 5.32. The maximum atomic E-state index is 12.8. The topological polar surface area (TPSA) is 128 Å². The average molecular weight is 550 g/mol. The van der Waals surface area contributed by atoms with Gasteiger partial charge in [0.15, 0.2) is 11.5 Å². The van der Waals surface area contributed by atoms with Crippen molar-refractivity contribution in [2.75, 3.05) is 6.54 Å². The Morgan fingerprint density at radius 1 is 0.897 bits per heavy atom. The van der Waals surface area contributed by atoms with Gasteiger partial charge < -0.3 is 24.6 Å². The highest BCUT2D eigenvalue weighted by Crippen LogP contribution is 2.34. The summed E-state index contributed by atoms with van der Waals surface area (Å²) in [5.74, 6) is -2.00. The Hall–Kier alpha value is -2.94. The number of rotatable bonds is 16. The third-order valence-corrected chi connectivity index (χ3v) is 7.22. The zero-order chi connectivity index (χ0) is 30.0. The van der Waals surface area contributed by atoms with Crippen LogP contribution in [-0.2, 0) is 30.3 Å². The van der Waals surface area contributed by atoms with Crippen molar-refractivity contribution in [1.29, 1.82) is 0 Å². The lowest BCUT2D eigenvalue weighted by atomic mass is 9.90. The van der Waals surface area contributed by atoms with E-state index in [4.69, 9.17) is 14.2 Å². The molecule has 220 valence electrons. The van der Waals surface area contributed by atoms with E-state index >= 15 is 0 Å². The molecular formula is C30H47NO8. The Bertz CT molecular complexity index is 1000. The Balaban J connectivity index is 3.11. The number of aliphatic carboxylic acids is 1. The third kappa shape index (κ3) is 11.0. The number of hydrogen-bond donors (Lipinski definition) is 2. The molecule has 0 spiro atoms. The van der Waals surface area contributed by atoms with Crippen molar-refractivity contribution in [1.82, 2.24) is 5.32 Å². The van der Waals surface area contributed by atoms with Gasteiger partial charge in [-0.05, 0) is 77.5 Å². The number of carboxylic acid groups (broad SMARTS) is 1. The van der Waals surface area contributed by atoms with Gasteiger partial charge in [-0.15, -0.1) is 0 Å². The number of carbonyl (C=O) groups excluding carboxylic acids is 3. The van der Waals surface area contributed by atoms with Crippen molar-refractivity contribution in [3.8, 4) is 11.5 Å². The molecular weight excluding hydrogens is 502 g/mol. The van der Waals surface area contributed by atoms with Crippen LogP contribution in [0.5, 0.6) is 11.5 Å². The van der Waals surface area contributed by atoms with Crippen LogP contribution in [0, 0.1) is 16.7 Å². The second-order valence-electron chi connectivity index (χ2n) is 11.6. The van der Waals surface area contributed by atoms with Crippen molar-refractivity contribution < 1.29 is 38.5 Å². The highest BCUT2D eigenvalue weighted by molar-refractivity contribution is 5.81. The summed E-state index contributed by atoms with van der Waals surface area (Å²) in [7, 11) is 0. The van der Waals surface area contributed by atoms with Gasteiger partial charge in [0.1, 0.15) is 12.1 Å². The third-order valence-electron chi connectivity index (χ3n) is 7.22. The fourth-order valence-electron chi connectivity index (χ4n) is 3.14. The van der Waals surface area contributed by atoms with Gasteiger partial charge in [0, 0.05) is 13.0 Å². The van der Waals surface area contributed by atoms with E-state index in [1.165, 1.54) is 12.1 Å². The van der Waals surface area contributed by atoms with Crippen LogP contribution in [0.25, 0.3) is 0 Å². The molecule has 0 fully saturated rings. The molecule has 9 heteroatoms. The lowest BCUT2D eigenvalue weighted by Crippen LogP contribution is -2.42. The monoisotopic (exact) mass is 549 g/mol. The molecule has 0 bridgehead atoms. The van der Waals surface area contributed by atoms with Gasteiger partial charge in [-0.2, -0.15) is 0 Å². The number of ether oxygens (including phenoxy) is 3. The molecule has 0 amide bonds. The molecule has 2 unspecified atom stereocenters. The molecule has 1 aromatic carbocycles. The molecule has 2 N–H and O–H groups in total. The van der Waals surface area contributed by atoms with Gasteiger partial charge >= 0.3 is 23.9 Å². The summed E-state index contributed by atoms with van der Waals surface area (Å²) in [5.41, 5.74) is -0.952. The van der Waals surface area contributed by atoms with Crippen LogP contribution >= 0.6 is 0 Å². The normalized spacial score (nSPS) is 14.2. The van der Waals surface area contributed by atoms with Crippen molar-refractivity contribution >= 4 is 23.9 Å². The molecule has 0 aliphatic carbocycles. The first-order chi connectivity index (χ1) is 18.1. The number of nitrogens with one attached hydrogen (secondary N) is 1. The second-order valence-corrected chi connectivity index (χ2v) is 11.6. The number of esters is 3. The summed E-state index contributed by atoms with van der Waals surface area (Å²) in [4.78, 5) is 49.6. The lowest BCUT2D eigenvalue weighted by molar-refractivity contribution is -0.149. The van der Waals surface area contributed by atoms with E-state index in [9.17, 15) is 24.3 Å². The highest BCUT2D eigenvalue weighted by Gasteiger charge is 2.32. The van der Waals surface area contributed by atoms with Crippen LogP contribution in [0.15, 0.2) is 18.2 Å². The van der Waals surface area contributed by atoms with Crippen LogP contribution in [0.1, 0.15) is 93.6 Å². The van der Waals surface area contributed by atoms with Gasteiger partial charge in [-0.25, -0.2) is 0 Å². The van der Waals surface area contributed by atoms with E-state index in [2.05, 4.69) is 5.32 Å². The fourth-order valence-corrected chi connectivity index (χ4v) is 3.14. The highest BCUT2D eigenvalue weighted by atomic mass is 16.6. The zero-order valence-electron chi connectivity index (χ0n) is 25.0. The maximum absolute atomic E-state index is 12.8. The summed E-state index contributed by atoms with van der Waals surface area (Å²) in [5, 5.41) is 12.7. The van der Waals surface area contributed by atoms with Gasteiger partial charge in [-0.3, -0.25) is 19.2 Å². The van der Waals surface area contributed by atoms with E-state index in [1.807, 2.05) is 27.7 Å². The molecule has 39 heavy (non-hydrogen) atoms. The predicted molar refractivity (Wildman–Crippen MR) is 149 cm³/mol. The van der Waals surface area contributed by atoms with Crippen molar-refractivity contribution in [3.05, 3.63) is 23.8 Å². The van der Waals surface area contributed by atoms with Gasteiger partial charge in [0.2, 0.25) is 0 Å². The number of carbonyl (C=O) groups is 4. The first-order valence-electron chi connectivity index (χ1n) is 13.8. The van der Waals surface area contributed by atoms with Crippen LogP contribution in [0.2, 0.25) is 0 Å². The molecule has 1 rings (SSSR count). The molecule has 0 saturated carbocycles. The molecule has 0 saturated heterocycles. The first-order valence-corrected chi connectivity index (χ1v) is 13.8.